The lowest BCUT2D eigenvalue weighted by Gasteiger charge is -2.23. The van der Waals surface area contributed by atoms with Gasteiger partial charge in [-0.3, -0.25) is 9.69 Å². The van der Waals surface area contributed by atoms with E-state index in [0.717, 1.165) is 12.2 Å². The molecule has 1 fully saturated rings. The highest BCUT2D eigenvalue weighted by atomic mass is 16.2. The van der Waals surface area contributed by atoms with Gasteiger partial charge in [-0.25, -0.2) is 0 Å². The van der Waals surface area contributed by atoms with Crippen LogP contribution in [0.2, 0.25) is 0 Å². The van der Waals surface area contributed by atoms with Crippen molar-refractivity contribution < 1.29 is 4.79 Å². The van der Waals surface area contributed by atoms with Gasteiger partial charge in [-0.05, 0) is 56.1 Å². The Morgan fingerprint density at radius 1 is 1.04 bits per heavy atom. The Labute approximate surface area is 156 Å². The SMILES string of the molecule is CC(NCc1ccccc1CN1CCCC1)C(=O)N(C)c1ccccc1. The average molecular weight is 351 g/mol. The van der Waals surface area contributed by atoms with Gasteiger partial charge in [0.25, 0.3) is 0 Å². The van der Waals surface area contributed by atoms with Crippen LogP contribution in [0.3, 0.4) is 0 Å². The van der Waals surface area contributed by atoms with E-state index in [0.29, 0.717) is 6.54 Å². The minimum atomic E-state index is -0.236. The number of nitrogens with one attached hydrogen (secondary N) is 1. The number of likely N-dealkylation sites (N-methyl/N-ethyl adjacent to an activating group) is 1. The Morgan fingerprint density at radius 2 is 1.65 bits per heavy atom. The summed E-state index contributed by atoms with van der Waals surface area (Å²) in [5.74, 6) is 0.0771. The molecule has 0 aromatic heterocycles. The molecular weight excluding hydrogens is 322 g/mol. The van der Waals surface area contributed by atoms with Gasteiger partial charge in [0.1, 0.15) is 0 Å². The van der Waals surface area contributed by atoms with Gasteiger partial charge in [-0.15, -0.1) is 0 Å². The van der Waals surface area contributed by atoms with Crippen LogP contribution < -0.4 is 10.2 Å². The van der Waals surface area contributed by atoms with E-state index in [1.807, 2.05) is 44.3 Å². The summed E-state index contributed by atoms with van der Waals surface area (Å²) in [4.78, 5) is 16.9. The summed E-state index contributed by atoms with van der Waals surface area (Å²) in [6.07, 6.45) is 2.61. The van der Waals surface area contributed by atoms with E-state index in [2.05, 4.69) is 34.5 Å². The van der Waals surface area contributed by atoms with Gasteiger partial charge in [0, 0.05) is 25.8 Å². The number of hydrogen-bond acceptors (Lipinski definition) is 3. The number of benzene rings is 2. The van der Waals surface area contributed by atoms with E-state index in [4.69, 9.17) is 0 Å². The number of likely N-dealkylation sites (tertiary alicyclic amines) is 1. The smallest absolute Gasteiger partial charge is 0.243 e. The number of carbonyl (C=O) groups excluding carboxylic acids is 1. The van der Waals surface area contributed by atoms with Crippen molar-refractivity contribution in [2.24, 2.45) is 0 Å². The lowest BCUT2D eigenvalue weighted by molar-refractivity contribution is -0.120. The molecule has 1 amide bonds. The molecule has 1 N–H and O–H groups in total. The van der Waals surface area contributed by atoms with Gasteiger partial charge >= 0.3 is 0 Å². The third-order valence-electron chi connectivity index (χ3n) is 5.15. The lowest BCUT2D eigenvalue weighted by atomic mass is 10.1. The van der Waals surface area contributed by atoms with Gasteiger partial charge in [0.05, 0.1) is 6.04 Å². The first-order valence-electron chi connectivity index (χ1n) is 9.50. The molecule has 0 spiro atoms. The Hall–Kier alpha value is -2.17. The Balaban J connectivity index is 1.59. The molecular formula is C22H29N3O. The van der Waals surface area contributed by atoms with Crippen molar-refractivity contribution in [3.8, 4) is 0 Å². The second-order valence-corrected chi connectivity index (χ2v) is 7.09. The maximum absolute atomic E-state index is 12.7. The molecule has 0 aliphatic carbocycles. The topological polar surface area (TPSA) is 35.6 Å². The van der Waals surface area contributed by atoms with Gasteiger partial charge in [0.2, 0.25) is 5.91 Å². The van der Waals surface area contributed by atoms with Crippen LogP contribution in [-0.4, -0.2) is 37.0 Å². The second kappa shape index (κ2) is 8.97. The van der Waals surface area contributed by atoms with Gasteiger partial charge in [0.15, 0.2) is 0 Å². The van der Waals surface area contributed by atoms with Crippen LogP contribution >= 0.6 is 0 Å². The van der Waals surface area contributed by atoms with E-state index in [9.17, 15) is 4.79 Å². The monoisotopic (exact) mass is 351 g/mol. The largest absolute Gasteiger partial charge is 0.314 e. The molecule has 1 aliphatic heterocycles. The molecule has 2 aromatic rings. The van der Waals surface area contributed by atoms with E-state index < -0.39 is 0 Å². The van der Waals surface area contributed by atoms with Crippen molar-refractivity contribution in [2.75, 3.05) is 25.0 Å². The standard InChI is InChI=1S/C22H29N3O/c1-18(22(26)24(2)21-12-4-3-5-13-21)23-16-19-10-6-7-11-20(19)17-25-14-8-9-15-25/h3-7,10-13,18,23H,8-9,14-17H2,1-2H3. The van der Waals surface area contributed by atoms with Crippen molar-refractivity contribution in [1.29, 1.82) is 0 Å². The second-order valence-electron chi connectivity index (χ2n) is 7.09. The first kappa shape index (κ1) is 18.6. The summed E-state index contributed by atoms with van der Waals surface area (Å²) in [5.41, 5.74) is 3.56. The predicted octanol–water partition coefficient (Wildman–Crippen LogP) is 3.42. The zero-order chi connectivity index (χ0) is 18.4. The number of rotatable bonds is 7. The first-order valence-corrected chi connectivity index (χ1v) is 9.50. The number of amides is 1. The summed E-state index contributed by atoms with van der Waals surface area (Å²) < 4.78 is 0. The van der Waals surface area contributed by atoms with Crippen LogP contribution in [0.1, 0.15) is 30.9 Å². The van der Waals surface area contributed by atoms with Crippen LogP contribution in [0.4, 0.5) is 5.69 Å². The molecule has 0 bridgehead atoms. The highest BCUT2D eigenvalue weighted by Crippen LogP contribution is 2.17. The van der Waals surface area contributed by atoms with E-state index in [1.54, 1.807) is 4.90 Å². The number of nitrogens with zero attached hydrogens (tertiary/aromatic N) is 2. The molecule has 0 radical (unpaired) electrons. The molecule has 4 nitrogen and oxygen atoms in total. The molecule has 2 aromatic carbocycles. The number of para-hydroxylation sites is 1. The Kier molecular flexibility index (Phi) is 6.42. The van der Waals surface area contributed by atoms with Crippen molar-refractivity contribution in [2.45, 2.75) is 38.9 Å². The summed E-state index contributed by atoms with van der Waals surface area (Å²) in [7, 11) is 1.83. The molecule has 1 saturated heterocycles. The quantitative estimate of drug-likeness (QED) is 0.830. The molecule has 138 valence electrons. The number of anilines is 1. The highest BCUT2D eigenvalue weighted by Gasteiger charge is 2.19. The normalized spacial score (nSPS) is 15.8. The molecule has 0 saturated carbocycles. The Morgan fingerprint density at radius 3 is 2.35 bits per heavy atom. The maximum Gasteiger partial charge on any atom is 0.243 e. The number of hydrogen-bond donors (Lipinski definition) is 1. The predicted molar refractivity (Wildman–Crippen MR) is 107 cm³/mol. The molecule has 1 unspecified atom stereocenters. The third-order valence-corrected chi connectivity index (χ3v) is 5.15. The fourth-order valence-corrected chi connectivity index (χ4v) is 3.49. The summed E-state index contributed by atoms with van der Waals surface area (Å²) >= 11 is 0. The van der Waals surface area contributed by atoms with Gasteiger partial charge < -0.3 is 10.2 Å². The van der Waals surface area contributed by atoms with Crippen molar-refractivity contribution in [1.82, 2.24) is 10.2 Å². The number of carbonyl (C=O) groups is 1. The zero-order valence-electron chi connectivity index (χ0n) is 15.8. The van der Waals surface area contributed by atoms with Crippen LogP contribution in [-0.2, 0) is 17.9 Å². The van der Waals surface area contributed by atoms with Crippen LogP contribution in [0.5, 0.6) is 0 Å². The Bertz CT molecular complexity index is 710. The molecule has 26 heavy (non-hydrogen) atoms. The summed E-state index contributed by atoms with van der Waals surface area (Å²) in [6.45, 7) is 6.03. The van der Waals surface area contributed by atoms with Gasteiger partial charge in [-0.1, -0.05) is 42.5 Å². The summed E-state index contributed by atoms with van der Waals surface area (Å²) in [6, 6.07) is 18.1. The van der Waals surface area contributed by atoms with Crippen LogP contribution in [0, 0.1) is 0 Å². The molecule has 1 atom stereocenters. The van der Waals surface area contributed by atoms with E-state index in [-0.39, 0.29) is 11.9 Å². The van der Waals surface area contributed by atoms with Crippen LogP contribution in [0.25, 0.3) is 0 Å². The van der Waals surface area contributed by atoms with Crippen molar-refractivity contribution in [3.05, 3.63) is 65.7 Å². The van der Waals surface area contributed by atoms with Crippen molar-refractivity contribution >= 4 is 11.6 Å². The third kappa shape index (κ3) is 4.71. The minimum Gasteiger partial charge on any atom is -0.314 e. The lowest BCUT2D eigenvalue weighted by Crippen LogP contribution is -2.43. The molecule has 4 heteroatoms. The fourth-order valence-electron chi connectivity index (χ4n) is 3.49. The minimum absolute atomic E-state index is 0.0771. The van der Waals surface area contributed by atoms with Crippen LogP contribution in [0.15, 0.2) is 54.6 Å². The average Bonchev–Trinajstić information content (AvgIpc) is 3.19. The summed E-state index contributed by atoms with van der Waals surface area (Å²) in [5, 5.41) is 3.40. The highest BCUT2D eigenvalue weighted by molar-refractivity contribution is 5.96. The zero-order valence-corrected chi connectivity index (χ0v) is 15.8. The van der Waals surface area contributed by atoms with Gasteiger partial charge in [-0.2, -0.15) is 0 Å². The molecule has 3 rings (SSSR count). The molecule has 1 heterocycles. The van der Waals surface area contributed by atoms with E-state index in [1.165, 1.54) is 37.1 Å². The fraction of sp³-hybridized carbons (Fsp3) is 0.409. The van der Waals surface area contributed by atoms with E-state index >= 15 is 0 Å². The molecule has 1 aliphatic rings. The maximum atomic E-state index is 12.7. The van der Waals surface area contributed by atoms with Crippen molar-refractivity contribution in [3.63, 3.8) is 0 Å². The first-order chi connectivity index (χ1) is 12.6.